The molecule has 0 radical (unpaired) electrons. The summed E-state index contributed by atoms with van der Waals surface area (Å²) in [7, 11) is 1.55. The van der Waals surface area contributed by atoms with E-state index < -0.39 is 5.82 Å². The monoisotopic (exact) mass is 361 g/mol. The molecule has 0 saturated carbocycles. The Kier molecular flexibility index (Phi) is 7.25. The fraction of sp³-hybridized carbons (Fsp3) is 0.444. The third-order valence-corrected chi connectivity index (χ3v) is 3.67. The second kappa shape index (κ2) is 9.65. The van der Waals surface area contributed by atoms with Gasteiger partial charge in [-0.3, -0.25) is 9.78 Å². The molecule has 0 bridgehead atoms. The van der Waals surface area contributed by atoms with E-state index in [2.05, 4.69) is 20.3 Å². The summed E-state index contributed by atoms with van der Waals surface area (Å²) in [4.78, 5) is 26.7. The Hall–Kier alpha value is -2.77. The molecule has 8 heteroatoms. The number of nitrogens with one attached hydrogen (secondary N) is 1. The Morgan fingerprint density at radius 2 is 2.12 bits per heavy atom. The maximum absolute atomic E-state index is 12.9. The van der Waals surface area contributed by atoms with Crippen molar-refractivity contribution in [2.45, 2.75) is 26.7 Å². The first-order valence-corrected chi connectivity index (χ1v) is 8.53. The van der Waals surface area contributed by atoms with Crippen LogP contribution in [0.15, 0.2) is 24.4 Å². The van der Waals surface area contributed by atoms with Crippen molar-refractivity contribution < 1.29 is 13.9 Å². The molecule has 1 N–H and O–H groups in total. The normalized spacial score (nSPS) is 10.5. The zero-order valence-electron chi connectivity index (χ0n) is 15.3. The van der Waals surface area contributed by atoms with Crippen molar-refractivity contribution in [2.24, 2.45) is 0 Å². The predicted molar refractivity (Wildman–Crippen MR) is 96.6 cm³/mol. The number of methoxy groups -OCH3 is 1. The van der Waals surface area contributed by atoms with Crippen LogP contribution in [0.3, 0.4) is 0 Å². The fourth-order valence-electron chi connectivity index (χ4n) is 2.43. The van der Waals surface area contributed by atoms with Gasteiger partial charge in [-0.25, -0.2) is 9.37 Å². The highest BCUT2D eigenvalue weighted by Gasteiger charge is 2.14. The number of amides is 1. The van der Waals surface area contributed by atoms with E-state index in [0.717, 1.165) is 18.3 Å². The van der Waals surface area contributed by atoms with Crippen LogP contribution in [-0.2, 0) is 11.2 Å². The van der Waals surface area contributed by atoms with Crippen molar-refractivity contribution in [1.82, 2.24) is 19.9 Å². The van der Waals surface area contributed by atoms with Crippen LogP contribution in [-0.4, -0.2) is 52.5 Å². The molecule has 0 spiro atoms. The van der Waals surface area contributed by atoms with Gasteiger partial charge in [0.25, 0.3) is 0 Å². The zero-order valence-corrected chi connectivity index (χ0v) is 15.3. The minimum Gasteiger partial charge on any atom is -0.481 e. The van der Waals surface area contributed by atoms with Gasteiger partial charge in [0.1, 0.15) is 5.82 Å². The van der Waals surface area contributed by atoms with Crippen LogP contribution in [0.5, 0.6) is 5.88 Å². The van der Waals surface area contributed by atoms with Crippen molar-refractivity contribution in [1.29, 1.82) is 0 Å². The minimum atomic E-state index is -0.413. The molecule has 0 aliphatic carbocycles. The maximum Gasteiger partial charge on any atom is 0.228 e. The van der Waals surface area contributed by atoms with Crippen LogP contribution in [0.25, 0.3) is 0 Å². The van der Waals surface area contributed by atoms with E-state index >= 15 is 0 Å². The van der Waals surface area contributed by atoms with Crippen molar-refractivity contribution in [3.05, 3.63) is 41.6 Å². The molecule has 7 nitrogen and oxygen atoms in total. The highest BCUT2D eigenvalue weighted by atomic mass is 19.1. The van der Waals surface area contributed by atoms with Gasteiger partial charge in [-0.2, -0.15) is 4.98 Å². The van der Waals surface area contributed by atoms with E-state index in [0.29, 0.717) is 37.2 Å². The molecule has 0 aliphatic rings. The molecule has 2 aromatic heterocycles. The highest BCUT2D eigenvalue weighted by molar-refractivity contribution is 5.78. The number of carbonyl (C=O) groups is 1. The summed E-state index contributed by atoms with van der Waals surface area (Å²) in [6.45, 7) is 5.53. The van der Waals surface area contributed by atoms with Crippen molar-refractivity contribution >= 4 is 11.9 Å². The van der Waals surface area contributed by atoms with Crippen LogP contribution in [0, 0.1) is 12.7 Å². The number of aryl methyl sites for hydroxylation is 1. The molecule has 0 atom stereocenters. The molecule has 2 aromatic rings. The van der Waals surface area contributed by atoms with Crippen molar-refractivity contribution in [3.8, 4) is 5.88 Å². The molecule has 0 saturated heterocycles. The average molecular weight is 361 g/mol. The summed E-state index contributed by atoms with van der Waals surface area (Å²) >= 11 is 0. The summed E-state index contributed by atoms with van der Waals surface area (Å²) in [5.41, 5.74) is 1.35. The van der Waals surface area contributed by atoms with E-state index in [1.807, 2.05) is 13.8 Å². The Labute approximate surface area is 152 Å². The number of ether oxygens (including phenoxy) is 1. The van der Waals surface area contributed by atoms with E-state index in [4.69, 9.17) is 4.74 Å². The lowest BCUT2D eigenvalue weighted by molar-refractivity contribution is -0.130. The van der Waals surface area contributed by atoms with Crippen LogP contribution >= 0.6 is 0 Å². The summed E-state index contributed by atoms with van der Waals surface area (Å²) in [6, 6.07) is 4.58. The van der Waals surface area contributed by atoms with Gasteiger partial charge in [0, 0.05) is 37.1 Å². The Balaban J connectivity index is 1.91. The summed E-state index contributed by atoms with van der Waals surface area (Å²) in [6.07, 6.45) is 2.11. The van der Waals surface area contributed by atoms with Crippen molar-refractivity contribution in [2.75, 3.05) is 32.1 Å². The van der Waals surface area contributed by atoms with E-state index in [-0.39, 0.29) is 12.3 Å². The molecule has 26 heavy (non-hydrogen) atoms. The van der Waals surface area contributed by atoms with Gasteiger partial charge in [-0.15, -0.1) is 0 Å². The fourth-order valence-corrected chi connectivity index (χ4v) is 2.43. The number of rotatable bonds is 9. The molecule has 2 heterocycles. The standard InChI is InChI=1S/C18H24FN5O2/c1-4-8-24(17(25)11-15-6-5-14(19)12-21-15)9-7-20-18-22-13(2)10-16(23-18)26-3/h5-6,10,12H,4,7-9,11H2,1-3H3,(H,20,22,23). The Bertz CT molecular complexity index is 724. The lowest BCUT2D eigenvalue weighted by Crippen LogP contribution is -2.37. The second-order valence-electron chi connectivity index (χ2n) is 5.83. The van der Waals surface area contributed by atoms with Gasteiger partial charge in [-0.05, 0) is 25.5 Å². The van der Waals surface area contributed by atoms with Crippen LogP contribution in [0.2, 0.25) is 0 Å². The zero-order chi connectivity index (χ0) is 18.9. The number of hydrogen-bond acceptors (Lipinski definition) is 6. The quantitative estimate of drug-likeness (QED) is 0.738. The first-order valence-electron chi connectivity index (χ1n) is 8.53. The number of pyridine rings is 1. The lowest BCUT2D eigenvalue weighted by Gasteiger charge is -2.22. The molecule has 0 aromatic carbocycles. The topological polar surface area (TPSA) is 80.2 Å². The van der Waals surface area contributed by atoms with Gasteiger partial charge in [0.05, 0.1) is 19.7 Å². The van der Waals surface area contributed by atoms with E-state index in [1.54, 1.807) is 18.1 Å². The minimum absolute atomic E-state index is 0.0458. The van der Waals surface area contributed by atoms with Gasteiger partial charge in [-0.1, -0.05) is 6.92 Å². The SMILES string of the molecule is CCCN(CCNc1nc(C)cc(OC)n1)C(=O)Cc1ccc(F)cn1. The lowest BCUT2D eigenvalue weighted by atomic mass is 10.2. The van der Waals surface area contributed by atoms with Gasteiger partial charge >= 0.3 is 0 Å². The van der Waals surface area contributed by atoms with E-state index in [9.17, 15) is 9.18 Å². The average Bonchev–Trinajstić information content (AvgIpc) is 2.62. The second-order valence-corrected chi connectivity index (χ2v) is 5.83. The summed E-state index contributed by atoms with van der Waals surface area (Å²) < 4.78 is 18.1. The molecule has 2 rings (SSSR count). The number of halogens is 1. The first-order chi connectivity index (χ1) is 12.5. The molecule has 1 amide bonds. The van der Waals surface area contributed by atoms with Gasteiger partial charge in [0.2, 0.25) is 17.7 Å². The van der Waals surface area contributed by atoms with Crippen LogP contribution < -0.4 is 10.1 Å². The molecule has 0 unspecified atom stereocenters. The maximum atomic E-state index is 12.9. The number of hydrogen-bond donors (Lipinski definition) is 1. The Morgan fingerprint density at radius 1 is 1.31 bits per heavy atom. The predicted octanol–water partition coefficient (Wildman–Crippen LogP) is 2.22. The van der Waals surface area contributed by atoms with E-state index in [1.165, 1.54) is 12.1 Å². The summed E-state index contributed by atoms with van der Waals surface area (Å²) in [5, 5.41) is 3.11. The first kappa shape index (κ1) is 19.6. The molecular formula is C18H24FN5O2. The third kappa shape index (κ3) is 5.94. The largest absolute Gasteiger partial charge is 0.481 e. The molecule has 0 aliphatic heterocycles. The Morgan fingerprint density at radius 3 is 2.77 bits per heavy atom. The van der Waals surface area contributed by atoms with Crippen LogP contribution in [0.1, 0.15) is 24.7 Å². The third-order valence-electron chi connectivity index (χ3n) is 3.67. The highest BCUT2D eigenvalue weighted by Crippen LogP contribution is 2.11. The van der Waals surface area contributed by atoms with Crippen molar-refractivity contribution in [3.63, 3.8) is 0 Å². The number of nitrogens with zero attached hydrogens (tertiary/aromatic N) is 4. The smallest absolute Gasteiger partial charge is 0.228 e. The van der Waals surface area contributed by atoms with Gasteiger partial charge < -0.3 is 15.0 Å². The number of anilines is 1. The summed E-state index contributed by atoms with van der Waals surface area (Å²) in [5.74, 6) is 0.495. The molecule has 140 valence electrons. The van der Waals surface area contributed by atoms with Crippen LogP contribution in [0.4, 0.5) is 10.3 Å². The molecule has 0 fully saturated rings. The van der Waals surface area contributed by atoms with Gasteiger partial charge in [0.15, 0.2) is 0 Å². The number of carbonyl (C=O) groups excluding carboxylic acids is 1. The molecular weight excluding hydrogens is 337 g/mol. The number of aromatic nitrogens is 3.